The quantitative estimate of drug-likeness (QED) is 0.0262. The molecule has 1 atom stereocenters. The van der Waals surface area contributed by atoms with Crippen LogP contribution in [0.25, 0.3) is 0 Å². The summed E-state index contributed by atoms with van der Waals surface area (Å²) in [6.07, 6.45) is 64.9. The van der Waals surface area contributed by atoms with Gasteiger partial charge in [0, 0.05) is 19.3 Å². The molecule has 0 aromatic rings. The van der Waals surface area contributed by atoms with E-state index in [1.807, 2.05) is 0 Å². The average Bonchev–Trinajstić information content (AvgIpc) is 3.29. The van der Waals surface area contributed by atoms with Gasteiger partial charge in [-0.1, -0.05) is 229 Å². The van der Waals surface area contributed by atoms with Crippen LogP contribution in [0, 0.1) is 0 Å². The summed E-state index contributed by atoms with van der Waals surface area (Å²) in [5.41, 5.74) is 0. The lowest BCUT2D eigenvalue weighted by Crippen LogP contribution is -2.30. The van der Waals surface area contributed by atoms with Gasteiger partial charge in [0.1, 0.15) is 13.2 Å². The maximum atomic E-state index is 12.8. The predicted molar refractivity (Wildman–Crippen MR) is 275 cm³/mol. The molecule has 0 aromatic carbocycles. The summed E-state index contributed by atoms with van der Waals surface area (Å²) in [5.74, 6) is -0.907. The van der Waals surface area contributed by atoms with Crippen molar-refractivity contribution in [3.05, 3.63) is 60.8 Å². The van der Waals surface area contributed by atoms with Crippen LogP contribution < -0.4 is 0 Å². The Labute approximate surface area is 396 Å². The van der Waals surface area contributed by atoms with Crippen molar-refractivity contribution in [2.24, 2.45) is 0 Å². The maximum Gasteiger partial charge on any atom is 0.306 e. The molecule has 64 heavy (non-hydrogen) atoms. The standard InChI is InChI=1S/C58H102O6/c1-4-7-10-13-16-19-22-25-28-29-31-33-36-39-42-45-48-51-57(60)63-54-55(53-62-56(59)50-47-44-41-38-35-32-27-24-21-18-15-12-9-6-3)64-58(61)52-49-46-43-40-37-34-30-26-23-20-17-14-11-8-5-2/h7,10,16,19,24-25,27-28,31,33,55H,4-6,8-9,11-15,17-18,20-23,26,29-30,32,34-54H2,1-3H3/b10-7-,19-16-,27-24-,28-25-,33-31-. The van der Waals surface area contributed by atoms with Crippen LogP contribution in [0.1, 0.15) is 271 Å². The largest absolute Gasteiger partial charge is 0.462 e. The number of allylic oxidation sites excluding steroid dienone is 10. The average molecular weight is 895 g/mol. The summed E-state index contributed by atoms with van der Waals surface area (Å²) in [6, 6.07) is 0. The third-order valence-corrected chi connectivity index (χ3v) is 11.8. The van der Waals surface area contributed by atoms with Crippen molar-refractivity contribution in [3.63, 3.8) is 0 Å². The third kappa shape index (κ3) is 50.1. The summed E-state index contributed by atoms with van der Waals surface area (Å²) < 4.78 is 16.8. The Morgan fingerprint density at radius 2 is 0.609 bits per heavy atom. The van der Waals surface area contributed by atoms with Crippen molar-refractivity contribution in [2.75, 3.05) is 13.2 Å². The van der Waals surface area contributed by atoms with Gasteiger partial charge in [0.05, 0.1) is 0 Å². The lowest BCUT2D eigenvalue weighted by atomic mass is 10.0. The first-order valence-electron chi connectivity index (χ1n) is 27.3. The van der Waals surface area contributed by atoms with E-state index in [9.17, 15) is 14.4 Å². The predicted octanol–water partition coefficient (Wildman–Crippen LogP) is 18.0. The Morgan fingerprint density at radius 1 is 0.328 bits per heavy atom. The molecular weight excluding hydrogens is 793 g/mol. The van der Waals surface area contributed by atoms with Gasteiger partial charge >= 0.3 is 17.9 Å². The van der Waals surface area contributed by atoms with Gasteiger partial charge in [0.25, 0.3) is 0 Å². The fourth-order valence-electron chi connectivity index (χ4n) is 7.66. The molecule has 0 bridgehead atoms. The number of esters is 3. The van der Waals surface area contributed by atoms with Crippen molar-refractivity contribution < 1.29 is 28.6 Å². The first kappa shape index (κ1) is 61.1. The Bertz CT molecular complexity index is 1170. The number of rotatable bonds is 49. The van der Waals surface area contributed by atoms with Gasteiger partial charge in [-0.2, -0.15) is 0 Å². The lowest BCUT2D eigenvalue weighted by molar-refractivity contribution is -0.167. The van der Waals surface area contributed by atoms with Gasteiger partial charge in [-0.05, 0) is 83.5 Å². The molecule has 0 aliphatic rings. The Kier molecular flexibility index (Phi) is 50.4. The maximum absolute atomic E-state index is 12.8. The lowest BCUT2D eigenvalue weighted by Gasteiger charge is -2.18. The Morgan fingerprint density at radius 3 is 0.969 bits per heavy atom. The molecule has 6 nitrogen and oxygen atoms in total. The molecular formula is C58H102O6. The van der Waals surface area contributed by atoms with Gasteiger partial charge in [-0.15, -0.1) is 0 Å². The number of ether oxygens (including phenoxy) is 3. The van der Waals surface area contributed by atoms with Crippen LogP contribution in [0.15, 0.2) is 60.8 Å². The smallest absolute Gasteiger partial charge is 0.306 e. The normalized spacial score (nSPS) is 12.5. The number of unbranched alkanes of at least 4 members (excludes halogenated alkanes) is 28. The molecule has 0 amide bonds. The van der Waals surface area contributed by atoms with Crippen LogP contribution in [0.2, 0.25) is 0 Å². The second-order valence-corrected chi connectivity index (χ2v) is 18.1. The second kappa shape index (κ2) is 52.7. The van der Waals surface area contributed by atoms with E-state index in [1.54, 1.807) is 0 Å². The molecule has 6 heteroatoms. The minimum absolute atomic E-state index is 0.0844. The number of carbonyl (C=O) groups excluding carboxylic acids is 3. The van der Waals surface area contributed by atoms with Crippen LogP contribution in [-0.4, -0.2) is 37.2 Å². The number of hydrogen-bond acceptors (Lipinski definition) is 6. The highest BCUT2D eigenvalue weighted by atomic mass is 16.6. The fourth-order valence-corrected chi connectivity index (χ4v) is 7.66. The fraction of sp³-hybridized carbons (Fsp3) is 0.776. The van der Waals surface area contributed by atoms with E-state index in [-0.39, 0.29) is 31.1 Å². The molecule has 0 aliphatic heterocycles. The summed E-state index contributed by atoms with van der Waals surface area (Å²) in [6.45, 7) is 6.51. The van der Waals surface area contributed by atoms with E-state index in [0.29, 0.717) is 19.3 Å². The van der Waals surface area contributed by atoms with E-state index >= 15 is 0 Å². The zero-order chi connectivity index (χ0) is 46.5. The van der Waals surface area contributed by atoms with E-state index in [1.165, 1.54) is 128 Å². The number of hydrogen-bond donors (Lipinski definition) is 0. The van der Waals surface area contributed by atoms with Gasteiger partial charge < -0.3 is 14.2 Å². The zero-order valence-electron chi connectivity index (χ0n) is 42.3. The molecule has 370 valence electrons. The van der Waals surface area contributed by atoms with E-state index in [4.69, 9.17) is 14.2 Å². The highest BCUT2D eigenvalue weighted by molar-refractivity contribution is 5.71. The Balaban J connectivity index is 4.42. The first-order valence-corrected chi connectivity index (χ1v) is 27.3. The molecule has 0 radical (unpaired) electrons. The van der Waals surface area contributed by atoms with Crippen LogP contribution in [0.3, 0.4) is 0 Å². The van der Waals surface area contributed by atoms with Crippen LogP contribution in [0.5, 0.6) is 0 Å². The molecule has 0 aliphatic carbocycles. The molecule has 0 saturated carbocycles. The van der Waals surface area contributed by atoms with Crippen LogP contribution in [-0.2, 0) is 28.6 Å². The first-order chi connectivity index (χ1) is 31.5. The summed E-state index contributed by atoms with van der Waals surface area (Å²) in [4.78, 5) is 38.1. The minimum Gasteiger partial charge on any atom is -0.462 e. The van der Waals surface area contributed by atoms with Crippen molar-refractivity contribution in [1.82, 2.24) is 0 Å². The highest BCUT2D eigenvalue weighted by Gasteiger charge is 2.19. The van der Waals surface area contributed by atoms with Gasteiger partial charge in [0.15, 0.2) is 6.10 Å². The Hall–Kier alpha value is -2.89. The van der Waals surface area contributed by atoms with Gasteiger partial charge in [-0.3, -0.25) is 14.4 Å². The molecule has 0 N–H and O–H groups in total. The molecule has 0 fully saturated rings. The SMILES string of the molecule is CC/C=C\C/C=C\C/C=C\C/C=C\CCCCCCC(=O)OCC(COC(=O)CCCCCCC/C=C\CCCCCCC)OC(=O)CCCCCCCCCCCCCCCCC. The van der Waals surface area contributed by atoms with E-state index in [0.717, 1.165) is 103 Å². The second-order valence-electron chi connectivity index (χ2n) is 18.1. The van der Waals surface area contributed by atoms with Gasteiger partial charge in [0.2, 0.25) is 0 Å². The van der Waals surface area contributed by atoms with Crippen molar-refractivity contribution >= 4 is 17.9 Å². The van der Waals surface area contributed by atoms with E-state index in [2.05, 4.69) is 81.5 Å². The van der Waals surface area contributed by atoms with Crippen molar-refractivity contribution in [1.29, 1.82) is 0 Å². The van der Waals surface area contributed by atoms with Gasteiger partial charge in [-0.25, -0.2) is 0 Å². The molecule has 0 spiro atoms. The molecule has 0 heterocycles. The summed E-state index contributed by atoms with van der Waals surface area (Å²) in [5, 5.41) is 0. The van der Waals surface area contributed by atoms with Crippen LogP contribution in [0.4, 0.5) is 0 Å². The van der Waals surface area contributed by atoms with Crippen molar-refractivity contribution in [2.45, 2.75) is 277 Å². The molecule has 0 saturated heterocycles. The third-order valence-electron chi connectivity index (χ3n) is 11.8. The summed E-state index contributed by atoms with van der Waals surface area (Å²) >= 11 is 0. The van der Waals surface area contributed by atoms with Crippen LogP contribution >= 0.6 is 0 Å². The topological polar surface area (TPSA) is 78.9 Å². The summed E-state index contributed by atoms with van der Waals surface area (Å²) in [7, 11) is 0. The highest BCUT2D eigenvalue weighted by Crippen LogP contribution is 2.15. The molecule has 0 aromatic heterocycles. The van der Waals surface area contributed by atoms with E-state index < -0.39 is 6.10 Å². The number of carbonyl (C=O) groups is 3. The molecule has 1 unspecified atom stereocenters. The molecule has 0 rings (SSSR count). The minimum atomic E-state index is -0.785. The zero-order valence-corrected chi connectivity index (χ0v) is 42.3. The van der Waals surface area contributed by atoms with Crippen molar-refractivity contribution in [3.8, 4) is 0 Å². The monoisotopic (exact) mass is 895 g/mol.